The van der Waals surface area contributed by atoms with E-state index in [-0.39, 0.29) is 24.5 Å². The van der Waals surface area contributed by atoms with Gasteiger partial charge in [-0.3, -0.25) is 14.6 Å². The number of imidazole rings is 1. The fraction of sp³-hybridized carbons (Fsp3) is 0.227. The van der Waals surface area contributed by atoms with Gasteiger partial charge in [0.25, 0.3) is 5.91 Å². The van der Waals surface area contributed by atoms with Crippen molar-refractivity contribution in [3.05, 3.63) is 58.8 Å². The van der Waals surface area contributed by atoms with Crippen LogP contribution in [-0.2, 0) is 16.6 Å². The van der Waals surface area contributed by atoms with Gasteiger partial charge in [0.1, 0.15) is 17.4 Å². The van der Waals surface area contributed by atoms with Crippen molar-refractivity contribution in [1.82, 2.24) is 24.8 Å². The van der Waals surface area contributed by atoms with E-state index in [2.05, 4.69) is 20.6 Å². The van der Waals surface area contributed by atoms with Crippen molar-refractivity contribution >= 4 is 39.9 Å². The lowest BCUT2D eigenvalue weighted by atomic mass is 10.1. The van der Waals surface area contributed by atoms with Gasteiger partial charge < -0.3 is 19.9 Å². The number of fused-ring (bicyclic) bond motifs is 1. The first-order valence-corrected chi connectivity index (χ1v) is 10.8. The Labute approximate surface area is 188 Å². The van der Waals surface area contributed by atoms with Crippen LogP contribution in [0.3, 0.4) is 0 Å². The number of hydrogen-bond acceptors (Lipinski definition) is 7. The Morgan fingerprint density at radius 3 is 2.81 bits per heavy atom. The predicted molar refractivity (Wildman–Crippen MR) is 122 cm³/mol. The number of thiazole rings is 1. The van der Waals surface area contributed by atoms with Gasteiger partial charge in [-0.2, -0.15) is 0 Å². The number of aromatic nitrogens is 4. The monoisotopic (exact) mass is 450 g/mol. The van der Waals surface area contributed by atoms with Crippen molar-refractivity contribution in [1.29, 1.82) is 0 Å². The number of ether oxygens (including phenoxy) is 1. The maximum Gasteiger partial charge on any atom is 0.251 e. The van der Waals surface area contributed by atoms with Gasteiger partial charge in [-0.25, -0.2) is 9.97 Å². The average molecular weight is 451 g/mol. The number of hydrogen-bond donors (Lipinski definition) is 2. The lowest BCUT2D eigenvalue weighted by Gasteiger charge is -2.13. The van der Waals surface area contributed by atoms with Crippen LogP contribution in [0.25, 0.3) is 22.4 Å². The second-order valence-corrected chi connectivity index (χ2v) is 8.10. The molecule has 1 atom stereocenters. The fourth-order valence-corrected chi connectivity index (χ4v) is 4.08. The molecule has 0 saturated heterocycles. The molecule has 4 aromatic rings. The van der Waals surface area contributed by atoms with Crippen LogP contribution in [0.5, 0.6) is 0 Å². The smallest absolute Gasteiger partial charge is 0.251 e. The summed E-state index contributed by atoms with van der Waals surface area (Å²) in [6.45, 7) is 1.77. The zero-order valence-corrected chi connectivity index (χ0v) is 18.6. The summed E-state index contributed by atoms with van der Waals surface area (Å²) < 4.78 is 6.81. The highest BCUT2D eigenvalue weighted by atomic mass is 32.1. The zero-order chi connectivity index (χ0) is 22.7. The van der Waals surface area contributed by atoms with Crippen molar-refractivity contribution in [3.63, 3.8) is 0 Å². The normalized spacial score (nSPS) is 12.0. The Balaban J connectivity index is 1.76. The molecule has 2 N–H and O–H groups in total. The average Bonchev–Trinajstić information content (AvgIpc) is 3.43. The summed E-state index contributed by atoms with van der Waals surface area (Å²) in [5.41, 5.74) is 2.95. The van der Waals surface area contributed by atoms with E-state index in [1.165, 1.54) is 18.4 Å². The first-order chi connectivity index (χ1) is 15.5. The van der Waals surface area contributed by atoms with Crippen molar-refractivity contribution in [2.75, 3.05) is 19.0 Å². The molecule has 0 spiro atoms. The van der Waals surface area contributed by atoms with E-state index in [9.17, 15) is 9.59 Å². The molecule has 164 valence electrons. The molecule has 1 aromatic carbocycles. The molecule has 9 nitrogen and oxygen atoms in total. The predicted octanol–water partition coefficient (Wildman–Crippen LogP) is 3.17. The van der Waals surface area contributed by atoms with Crippen LogP contribution < -0.4 is 10.6 Å². The van der Waals surface area contributed by atoms with E-state index in [1.807, 2.05) is 36.1 Å². The molecule has 3 aromatic heterocycles. The number of rotatable bonds is 7. The highest BCUT2D eigenvalue weighted by Gasteiger charge is 2.20. The molecular formula is C22H22N6O3S. The van der Waals surface area contributed by atoms with Gasteiger partial charge in [0.15, 0.2) is 0 Å². The Bertz CT molecular complexity index is 1250. The Morgan fingerprint density at radius 1 is 1.28 bits per heavy atom. The van der Waals surface area contributed by atoms with Gasteiger partial charge in [-0.1, -0.05) is 0 Å². The van der Waals surface area contributed by atoms with Gasteiger partial charge in [-0.15, -0.1) is 11.3 Å². The topological polar surface area (TPSA) is 111 Å². The van der Waals surface area contributed by atoms with E-state index in [1.54, 1.807) is 30.7 Å². The summed E-state index contributed by atoms with van der Waals surface area (Å²) in [6.07, 6.45) is 5.11. The summed E-state index contributed by atoms with van der Waals surface area (Å²) in [7, 11) is 3.30. The van der Waals surface area contributed by atoms with E-state index in [0.29, 0.717) is 28.1 Å². The summed E-state index contributed by atoms with van der Waals surface area (Å²) in [5, 5.41) is 8.46. The van der Waals surface area contributed by atoms with Crippen LogP contribution in [0.4, 0.5) is 5.69 Å². The quantitative estimate of drug-likeness (QED) is 0.447. The van der Waals surface area contributed by atoms with Crippen LogP contribution in [0.2, 0.25) is 0 Å². The lowest BCUT2D eigenvalue weighted by Crippen LogP contribution is -2.27. The van der Waals surface area contributed by atoms with E-state index in [4.69, 9.17) is 9.72 Å². The first-order valence-electron chi connectivity index (χ1n) is 9.88. The van der Waals surface area contributed by atoms with Gasteiger partial charge in [0, 0.05) is 49.3 Å². The molecule has 3 heterocycles. The number of carbonyl (C=O) groups is 2. The maximum atomic E-state index is 13.0. The molecule has 0 aliphatic carbocycles. The molecule has 4 rings (SSSR count). The summed E-state index contributed by atoms with van der Waals surface area (Å²) in [6, 6.07) is 6.84. The van der Waals surface area contributed by atoms with Crippen molar-refractivity contribution in [2.24, 2.45) is 7.05 Å². The molecule has 0 radical (unpaired) electrons. The highest BCUT2D eigenvalue weighted by Crippen LogP contribution is 2.30. The molecule has 10 heteroatoms. The third-order valence-corrected chi connectivity index (χ3v) is 5.83. The van der Waals surface area contributed by atoms with Crippen LogP contribution in [-0.4, -0.2) is 45.1 Å². The molecule has 0 aliphatic rings. The fourth-order valence-electron chi connectivity index (χ4n) is 3.44. The minimum atomic E-state index is -0.327. The minimum absolute atomic E-state index is 0.105. The standard InChI is InChI=1S/C22H22N6O3S/c1-13(22-24-7-8-32-22)25-21(30)15-9-16(26-18(29)12-31-3)19-17(10-15)27-20(28(19)2)14-5-4-6-23-11-14/h4-11,13H,12H2,1-3H3,(H,25,30)(H,26,29)/t13-/m0/s1. The van der Waals surface area contributed by atoms with Crippen LogP contribution >= 0.6 is 11.3 Å². The number of methoxy groups -OCH3 is 1. The molecule has 0 unspecified atom stereocenters. The number of nitrogens with one attached hydrogen (secondary N) is 2. The summed E-state index contributed by atoms with van der Waals surface area (Å²) >= 11 is 1.47. The maximum absolute atomic E-state index is 13.0. The molecule has 32 heavy (non-hydrogen) atoms. The van der Waals surface area contributed by atoms with Crippen molar-refractivity contribution < 1.29 is 14.3 Å². The second-order valence-electron chi connectivity index (χ2n) is 7.17. The van der Waals surface area contributed by atoms with E-state index in [0.717, 1.165) is 10.6 Å². The number of amides is 2. The van der Waals surface area contributed by atoms with E-state index < -0.39 is 0 Å². The van der Waals surface area contributed by atoms with Crippen LogP contribution in [0.15, 0.2) is 48.2 Å². The number of pyridine rings is 1. The number of aryl methyl sites for hydroxylation is 1. The largest absolute Gasteiger partial charge is 0.375 e. The summed E-state index contributed by atoms with van der Waals surface area (Å²) in [5.74, 6) is 0.0566. The van der Waals surface area contributed by atoms with Crippen molar-refractivity contribution in [2.45, 2.75) is 13.0 Å². The Kier molecular flexibility index (Phi) is 6.24. The number of anilines is 1. The van der Waals surface area contributed by atoms with E-state index >= 15 is 0 Å². The Hall–Kier alpha value is -3.63. The van der Waals surface area contributed by atoms with Gasteiger partial charge in [0.2, 0.25) is 5.91 Å². The first kappa shape index (κ1) is 21.6. The molecule has 2 amide bonds. The third-order valence-electron chi connectivity index (χ3n) is 4.87. The van der Waals surface area contributed by atoms with Gasteiger partial charge in [-0.05, 0) is 31.2 Å². The minimum Gasteiger partial charge on any atom is -0.375 e. The molecule has 0 fully saturated rings. The third kappa shape index (κ3) is 4.36. The van der Waals surface area contributed by atoms with Crippen molar-refractivity contribution in [3.8, 4) is 11.4 Å². The molecule has 0 saturated carbocycles. The molecular weight excluding hydrogens is 428 g/mol. The Morgan fingerprint density at radius 2 is 2.12 bits per heavy atom. The summed E-state index contributed by atoms with van der Waals surface area (Å²) in [4.78, 5) is 38.4. The number of carbonyl (C=O) groups excluding carboxylic acids is 2. The molecule has 0 aliphatic heterocycles. The number of nitrogens with zero attached hydrogens (tertiary/aromatic N) is 4. The zero-order valence-electron chi connectivity index (χ0n) is 17.8. The van der Waals surface area contributed by atoms with Gasteiger partial charge in [0.05, 0.1) is 22.8 Å². The number of benzene rings is 1. The van der Waals surface area contributed by atoms with Crippen LogP contribution in [0, 0.1) is 0 Å². The van der Waals surface area contributed by atoms with Gasteiger partial charge >= 0.3 is 0 Å². The lowest BCUT2D eigenvalue weighted by molar-refractivity contribution is -0.119. The van der Waals surface area contributed by atoms with Crippen LogP contribution in [0.1, 0.15) is 28.3 Å². The second kappa shape index (κ2) is 9.25. The SMILES string of the molecule is COCC(=O)Nc1cc(C(=O)N[C@@H](C)c2nccs2)cc2nc(-c3cccnc3)n(C)c12. The molecule has 0 bridgehead atoms. The highest BCUT2D eigenvalue weighted by molar-refractivity contribution is 7.09.